The van der Waals surface area contributed by atoms with Gasteiger partial charge in [-0.1, -0.05) is 48.0 Å². The summed E-state index contributed by atoms with van der Waals surface area (Å²) in [6.07, 6.45) is 1.47. The minimum absolute atomic E-state index is 0.208. The maximum absolute atomic E-state index is 12.5. The Bertz CT molecular complexity index is 968. The Hall–Kier alpha value is -3.47. The standard InChI is InChI=1S/C22H21N3O2/c1-15-8-9-19(16(2)12-15)25-21(26)18-10-11-23-20(13-18)22(27)24-14-17-6-4-3-5-7-17/h3-13H,14H2,1-2H3,(H,24,27)(H,25,26). The number of pyridine rings is 1. The molecule has 0 aliphatic heterocycles. The molecule has 5 nitrogen and oxygen atoms in total. The first-order valence-corrected chi connectivity index (χ1v) is 8.70. The maximum atomic E-state index is 12.5. The number of nitrogens with one attached hydrogen (secondary N) is 2. The molecule has 2 aromatic carbocycles. The first-order valence-electron chi connectivity index (χ1n) is 8.70. The highest BCUT2D eigenvalue weighted by molar-refractivity contribution is 6.06. The molecule has 0 aliphatic carbocycles. The van der Waals surface area contributed by atoms with Gasteiger partial charge in [-0.05, 0) is 43.2 Å². The molecule has 3 rings (SSSR count). The second-order valence-electron chi connectivity index (χ2n) is 6.37. The summed E-state index contributed by atoms with van der Waals surface area (Å²) < 4.78 is 0. The van der Waals surface area contributed by atoms with E-state index in [1.165, 1.54) is 12.3 Å². The van der Waals surface area contributed by atoms with Crippen molar-refractivity contribution in [3.8, 4) is 0 Å². The average Bonchev–Trinajstić information content (AvgIpc) is 2.69. The number of nitrogens with zero attached hydrogens (tertiary/aromatic N) is 1. The second kappa shape index (κ2) is 8.27. The van der Waals surface area contributed by atoms with Crippen molar-refractivity contribution in [1.82, 2.24) is 10.3 Å². The molecule has 0 bridgehead atoms. The summed E-state index contributed by atoms with van der Waals surface area (Å²) in [7, 11) is 0. The largest absolute Gasteiger partial charge is 0.347 e. The summed E-state index contributed by atoms with van der Waals surface area (Å²) in [5, 5.41) is 5.69. The summed E-state index contributed by atoms with van der Waals surface area (Å²) >= 11 is 0. The number of hydrogen-bond acceptors (Lipinski definition) is 3. The number of anilines is 1. The van der Waals surface area contributed by atoms with Crippen LogP contribution >= 0.6 is 0 Å². The van der Waals surface area contributed by atoms with Crippen LogP contribution < -0.4 is 10.6 Å². The number of carbonyl (C=O) groups excluding carboxylic acids is 2. The molecule has 3 aromatic rings. The van der Waals surface area contributed by atoms with Crippen LogP contribution in [0.1, 0.15) is 37.5 Å². The van der Waals surface area contributed by atoms with E-state index in [0.29, 0.717) is 12.1 Å². The summed E-state index contributed by atoms with van der Waals surface area (Å²) in [4.78, 5) is 29.0. The first kappa shape index (κ1) is 18.3. The van der Waals surface area contributed by atoms with E-state index in [1.807, 2.05) is 62.4 Å². The molecule has 0 spiro atoms. The number of carbonyl (C=O) groups is 2. The van der Waals surface area contributed by atoms with Crippen molar-refractivity contribution in [2.75, 3.05) is 5.32 Å². The highest BCUT2D eigenvalue weighted by Crippen LogP contribution is 2.17. The Morgan fingerprint density at radius 1 is 0.926 bits per heavy atom. The van der Waals surface area contributed by atoms with Gasteiger partial charge >= 0.3 is 0 Å². The van der Waals surface area contributed by atoms with Gasteiger partial charge in [0.15, 0.2) is 0 Å². The fraction of sp³-hybridized carbons (Fsp3) is 0.136. The molecule has 0 fully saturated rings. The minimum atomic E-state index is -0.319. The Morgan fingerprint density at radius 3 is 2.44 bits per heavy atom. The third-order valence-corrected chi connectivity index (χ3v) is 4.18. The van der Waals surface area contributed by atoms with Crippen molar-refractivity contribution < 1.29 is 9.59 Å². The van der Waals surface area contributed by atoms with E-state index in [2.05, 4.69) is 15.6 Å². The quantitative estimate of drug-likeness (QED) is 0.726. The van der Waals surface area contributed by atoms with Crippen LogP contribution in [0.2, 0.25) is 0 Å². The number of rotatable bonds is 5. The molecule has 136 valence electrons. The molecule has 0 atom stereocenters. The van der Waals surface area contributed by atoms with Crippen LogP contribution in [-0.4, -0.2) is 16.8 Å². The van der Waals surface area contributed by atoms with Gasteiger partial charge in [0.1, 0.15) is 5.69 Å². The number of aromatic nitrogens is 1. The normalized spacial score (nSPS) is 10.3. The topological polar surface area (TPSA) is 71.1 Å². The summed E-state index contributed by atoms with van der Waals surface area (Å²) in [5.74, 6) is -0.596. The molecule has 1 aromatic heterocycles. The third kappa shape index (κ3) is 4.79. The van der Waals surface area contributed by atoms with E-state index in [0.717, 1.165) is 22.4 Å². The lowest BCUT2D eigenvalue weighted by Crippen LogP contribution is -2.24. The molecule has 5 heteroatoms. The zero-order valence-electron chi connectivity index (χ0n) is 15.3. The SMILES string of the molecule is Cc1ccc(NC(=O)c2ccnc(C(=O)NCc3ccccc3)c2)c(C)c1. The monoisotopic (exact) mass is 359 g/mol. The minimum Gasteiger partial charge on any atom is -0.347 e. The van der Waals surface area contributed by atoms with Gasteiger partial charge in [-0.25, -0.2) is 0 Å². The summed E-state index contributed by atoms with van der Waals surface area (Å²) in [5.41, 5.74) is 4.45. The smallest absolute Gasteiger partial charge is 0.270 e. The molecular weight excluding hydrogens is 338 g/mol. The molecule has 2 N–H and O–H groups in total. The van der Waals surface area contributed by atoms with E-state index >= 15 is 0 Å². The third-order valence-electron chi connectivity index (χ3n) is 4.18. The van der Waals surface area contributed by atoms with Crippen LogP contribution in [0, 0.1) is 13.8 Å². The molecular formula is C22H21N3O2. The van der Waals surface area contributed by atoms with E-state index in [1.54, 1.807) is 6.07 Å². The molecule has 0 unspecified atom stereocenters. The van der Waals surface area contributed by atoms with Crippen LogP contribution in [0.25, 0.3) is 0 Å². The summed E-state index contributed by atoms with van der Waals surface area (Å²) in [6.45, 7) is 4.35. The lowest BCUT2D eigenvalue weighted by atomic mass is 10.1. The van der Waals surface area contributed by atoms with Gasteiger partial charge in [0.2, 0.25) is 0 Å². The zero-order chi connectivity index (χ0) is 19.2. The van der Waals surface area contributed by atoms with Crippen molar-refractivity contribution in [3.05, 3.63) is 94.8 Å². The predicted octanol–water partition coefficient (Wildman–Crippen LogP) is 3.88. The Kier molecular flexibility index (Phi) is 5.61. The Labute approximate surface area is 158 Å². The van der Waals surface area contributed by atoms with Crippen LogP contribution in [0.4, 0.5) is 5.69 Å². The average molecular weight is 359 g/mol. The van der Waals surface area contributed by atoms with Crippen molar-refractivity contribution in [1.29, 1.82) is 0 Å². The Morgan fingerprint density at radius 2 is 1.70 bits per heavy atom. The number of hydrogen-bond donors (Lipinski definition) is 2. The molecule has 0 radical (unpaired) electrons. The van der Waals surface area contributed by atoms with Crippen molar-refractivity contribution >= 4 is 17.5 Å². The highest BCUT2D eigenvalue weighted by atomic mass is 16.2. The van der Waals surface area contributed by atoms with Gasteiger partial charge < -0.3 is 10.6 Å². The fourth-order valence-corrected chi connectivity index (χ4v) is 2.71. The molecule has 0 saturated carbocycles. The highest BCUT2D eigenvalue weighted by Gasteiger charge is 2.13. The van der Waals surface area contributed by atoms with Crippen LogP contribution in [0.15, 0.2) is 66.9 Å². The van der Waals surface area contributed by atoms with Crippen LogP contribution in [-0.2, 0) is 6.54 Å². The van der Waals surface area contributed by atoms with E-state index in [4.69, 9.17) is 0 Å². The first-order chi connectivity index (χ1) is 13.0. The van der Waals surface area contributed by atoms with Crippen molar-refractivity contribution in [2.24, 2.45) is 0 Å². The molecule has 1 heterocycles. The van der Waals surface area contributed by atoms with Gasteiger partial charge in [0.05, 0.1) is 0 Å². The summed E-state index contributed by atoms with van der Waals surface area (Å²) in [6, 6.07) is 18.5. The van der Waals surface area contributed by atoms with Gasteiger partial charge in [-0.2, -0.15) is 0 Å². The van der Waals surface area contributed by atoms with E-state index in [-0.39, 0.29) is 17.5 Å². The molecule has 0 aliphatic rings. The number of amides is 2. The molecule has 0 saturated heterocycles. The Balaban J connectivity index is 1.68. The predicted molar refractivity (Wildman–Crippen MR) is 106 cm³/mol. The van der Waals surface area contributed by atoms with Crippen molar-refractivity contribution in [2.45, 2.75) is 20.4 Å². The van der Waals surface area contributed by atoms with Gasteiger partial charge in [-0.3, -0.25) is 14.6 Å². The van der Waals surface area contributed by atoms with E-state index in [9.17, 15) is 9.59 Å². The molecule has 27 heavy (non-hydrogen) atoms. The zero-order valence-corrected chi connectivity index (χ0v) is 15.3. The van der Waals surface area contributed by atoms with Crippen molar-refractivity contribution in [3.63, 3.8) is 0 Å². The van der Waals surface area contributed by atoms with Crippen LogP contribution in [0.5, 0.6) is 0 Å². The molecule has 2 amide bonds. The second-order valence-corrected chi connectivity index (χ2v) is 6.37. The lowest BCUT2D eigenvalue weighted by Gasteiger charge is -2.10. The van der Waals surface area contributed by atoms with Crippen LogP contribution in [0.3, 0.4) is 0 Å². The van der Waals surface area contributed by atoms with Gasteiger partial charge in [0.25, 0.3) is 11.8 Å². The fourth-order valence-electron chi connectivity index (χ4n) is 2.71. The van der Waals surface area contributed by atoms with Gasteiger partial charge in [0, 0.05) is 24.0 Å². The lowest BCUT2D eigenvalue weighted by molar-refractivity contribution is 0.0946. The number of aryl methyl sites for hydroxylation is 2. The van der Waals surface area contributed by atoms with E-state index < -0.39 is 0 Å². The van der Waals surface area contributed by atoms with Gasteiger partial charge in [-0.15, -0.1) is 0 Å². The number of benzene rings is 2. The maximum Gasteiger partial charge on any atom is 0.270 e.